The predicted octanol–water partition coefficient (Wildman–Crippen LogP) is 0.924. The smallest absolute Gasteiger partial charge is 0.382 e. The van der Waals surface area contributed by atoms with Crippen molar-refractivity contribution in [2.45, 2.75) is 23.7 Å². The highest BCUT2D eigenvalue weighted by Crippen LogP contribution is 2.35. The van der Waals surface area contributed by atoms with Crippen LogP contribution in [0.1, 0.15) is 11.8 Å². The molecule has 1 N–H and O–H groups in total. The van der Waals surface area contributed by atoms with Crippen LogP contribution in [0.3, 0.4) is 0 Å². The maximum absolute atomic E-state index is 12.9. The third-order valence-corrected chi connectivity index (χ3v) is 7.19. The molecule has 0 aliphatic carbocycles. The van der Waals surface area contributed by atoms with Crippen molar-refractivity contribution < 1.29 is 33.0 Å². The van der Waals surface area contributed by atoms with E-state index in [0.717, 1.165) is 4.90 Å². The monoisotopic (exact) mass is 499 g/mol. The minimum Gasteiger partial charge on any atom is -0.484 e. The number of nitrogens with zero attached hydrogens (tertiary/aromatic N) is 2. The number of benzene rings is 2. The fourth-order valence-electron chi connectivity index (χ4n) is 3.90. The number of β-lactam (4-membered cyclic amide) rings is 1. The first-order valence-corrected chi connectivity index (χ1v) is 11.9. The van der Waals surface area contributed by atoms with E-state index in [1.807, 2.05) is 0 Å². The van der Waals surface area contributed by atoms with Crippen molar-refractivity contribution in [1.29, 1.82) is 0 Å². The molecular formula is C23H21N3O8S. The van der Waals surface area contributed by atoms with Gasteiger partial charge in [0.15, 0.2) is 12.6 Å². The lowest BCUT2D eigenvalue weighted by atomic mass is 9.98. The first-order chi connectivity index (χ1) is 16.8. The number of fused-ring (bicyclic) bond motifs is 1. The lowest BCUT2D eigenvalue weighted by Gasteiger charge is -2.52. The van der Waals surface area contributed by atoms with Gasteiger partial charge in [0, 0.05) is 5.75 Å². The molecular weight excluding hydrogens is 478 g/mol. The van der Waals surface area contributed by atoms with Crippen LogP contribution in [-0.4, -0.2) is 61.6 Å². The number of esters is 1. The van der Waals surface area contributed by atoms with Gasteiger partial charge in [-0.05, 0) is 29.8 Å². The molecule has 35 heavy (non-hydrogen) atoms. The van der Waals surface area contributed by atoms with Gasteiger partial charge in [0.25, 0.3) is 5.91 Å². The second kappa shape index (κ2) is 10.1. The van der Waals surface area contributed by atoms with Crippen molar-refractivity contribution in [3.63, 3.8) is 0 Å². The summed E-state index contributed by atoms with van der Waals surface area (Å²) < 4.78 is 23.2. The van der Waals surface area contributed by atoms with E-state index in [4.69, 9.17) is 9.47 Å². The molecule has 2 aliphatic rings. The van der Waals surface area contributed by atoms with Gasteiger partial charge in [-0.15, -0.1) is 0 Å². The molecule has 2 heterocycles. The van der Waals surface area contributed by atoms with Crippen LogP contribution in [0.15, 0.2) is 72.8 Å². The third kappa shape index (κ3) is 4.92. The number of para-hydroxylation sites is 1. The van der Waals surface area contributed by atoms with Crippen molar-refractivity contribution in [3.8, 4) is 5.75 Å². The van der Waals surface area contributed by atoms with Crippen LogP contribution in [0.5, 0.6) is 5.75 Å². The second-order valence-corrected chi connectivity index (χ2v) is 9.39. The van der Waals surface area contributed by atoms with E-state index in [1.165, 1.54) is 12.1 Å². The zero-order chi connectivity index (χ0) is 25.1. The maximum atomic E-state index is 12.9. The fraction of sp³-hybridized carbons (Fsp3) is 0.261. The molecule has 12 heteroatoms. The number of carbonyl (C=O) groups is 3. The lowest BCUT2D eigenvalue weighted by Crippen LogP contribution is -2.77. The number of ether oxygens (including phenoxy) is 2. The summed E-state index contributed by atoms with van der Waals surface area (Å²) in [5, 5.41) is 13.0. The maximum Gasteiger partial charge on any atom is 0.382 e. The number of amides is 2. The van der Waals surface area contributed by atoms with Crippen molar-refractivity contribution in [2.75, 3.05) is 12.4 Å². The number of carbonyl (C=O) groups excluding carboxylic acids is 3. The molecule has 0 bridgehead atoms. The Balaban J connectivity index is 1.44. The van der Waals surface area contributed by atoms with Crippen LogP contribution in [0.2, 0.25) is 0 Å². The van der Waals surface area contributed by atoms with Gasteiger partial charge in [-0.3, -0.25) is 23.9 Å². The number of rotatable bonds is 8. The topological polar surface area (TPSA) is 145 Å². The zero-order valence-corrected chi connectivity index (χ0v) is 19.1. The van der Waals surface area contributed by atoms with Crippen LogP contribution in [0.25, 0.3) is 0 Å². The van der Waals surface area contributed by atoms with E-state index in [0.29, 0.717) is 5.75 Å². The lowest BCUT2D eigenvalue weighted by molar-refractivity contribution is -0.576. The van der Waals surface area contributed by atoms with E-state index in [1.54, 1.807) is 48.5 Å². The van der Waals surface area contributed by atoms with E-state index in [9.17, 15) is 28.7 Å². The van der Waals surface area contributed by atoms with Crippen molar-refractivity contribution >= 4 is 28.6 Å². The molecule has 182 valence electrons. The van der Waals surface area contributed by atoms with Crippen LogP contribution < -0.4 is 10.1 Å². The first kappa shape index (κ1) is 24.1. The summed E-state index contributed by atoms with van der Waals surface area (Å²) in [4.78, 5) is 49.9. The van der Waals surface area contributed by atoms with E-state index in [-0.39, 0.29) is 23.5 Å². The summed E-state index contributed by atoms with van der Waals surface area (Å²) in [6.07, 6.45) is -1.79. The number of hydrogen-bond donors (Lipinski definition) is 1. The molecule has 2 saturated heterocycles. The van der Waals surface area contributed by atoms with E-state index in [2.05, 4.69) is 11.9 Å². The Morgan fingerprint density at radius 3 is 2.43 bits per heavy atom. The molecule has 4 unspecified atom stereocenters. The summed E-state index contributed by atoms with van der Waals surface area (Å²) in [5.41, 5.74) is 0.274. The Morgan fingerprint density at radius 1 is 1.17 bits per heavy atom. The van der Waals surface area contributed by atoms with Gasteiger partial charge in [0.05, 0.1) is 21.3 Å². The number of nitrogens with one attached hydrogen (secondary N) is 1. The molecule has 2 aromatic carbocycles. The summed E-state index contributed by atoms with van der Waals surface area (Å²) in [5.74, 6) is -2.01. The van der Waals surface area contributed by atoms with Gasteiger partial charge < -0.3 is 19.7 Å². The molecule has 0 saturated carbocycles. The number of nitro groups is 1. The zero-order valence-electron chi connectivity index (χ0n) is 18.3. The fourth-order valence-corrected chi connectivity index (χ4v) is 5.56. The van der Waals surface area contributed by atoms with Gasteiger partial charge in [0.2, 0.25) is 5.91 Å². The van der Waals surface area contributed by atoms with Crippen LogP contribution in [0, 0.1) is 10.1 Å². The Kier molecular flexibility index (Phi) is 6.92. The molecule has 2 aliphatic heterocycles. The molecule has 4 rings (SSSR count). The molecule has 0 aromatic heterocycles. The molecule has 5 atom stereocenters. The minimum atomic E-state index is -1.79. The Bertz CT molecular complexity index is 1190. The summed E-state index contributed by atoms with van der Waals surface area (Å²) in [6, 6.07) is 13.7. The molecule has 0 radical (unpaired) electrons. The predicted molar refractivity (Wildman–Crippen MR) is 123 cm³/mol. The van der Waals surface area contributed by atoms with Gasteiger partial charge in [-0.1, -0.05) is 43.0 Å². The quantitative estimate of drug-likeness (QED) is 0.141. The van der Waals surface area contributed by atoms with E-state index >= 15 is 0 Å². The normalized spacial score (nSPS) is 23.9. The average Bonchev–Trinajstić information content (AvgIpc) is 2.85. The van der Waals surface area contributed by atoms with Crippen molar-refractivity contribution in [1.82, 2.24) is 10.2 Å². The molecule has 2 fully saturated rings. The van der Waals surface area contributed by atoms with Gasteiger partial charge in [0.1, 0.15) is 17.2 Å². The SMILES string of the molecule is C=C1CS(=O)[C@H]2C(NC(=O)COc3ccccc3)C(=O)N2C1C(=O)OC(c1ccccc1)[N+](=O)[O-]. The van der Waals surface area contributed by atoms with Gasteiger partial charge in [-0.25, -0.2) is 4.79 Å². The second-order valence-electron chi connectivity index (χ2n) is 7.85. The largest absolute Gasteiger partial charge is 0.484 e. The molecule has 2 amide bonds. The van der Waals surface area contributed by atoms with Gasteiger partial charge >= 0.3 is 12.2 Å². The molecule has 11 nitrogen and oxygen atoms in total. The van der Waals surface area contributed by atoms with Gasteiger partial charge in [-0.2, -0.15) is 0 Å². The molecule has 0 spiro atoms. The van der Waals surface area contributed by atoms with Crippen molar-refractivity contribution in [2.24, 2.45) is 0 Å². The first-order valence-electron chi connectivity index (χ1n) is 10.5. The Labute approximate surface area is 202 Å². The van der Waals surface area contributed by atoms with Crippen LogP contribution >= 0.6 is 0 Å². The Morgan fingerprint density at radius 2 is 1.80 bits per heavy atom. The van der Waals surface area contributed by atoms with E-state index < -0.39 is 57.2 Å². The summed E-state index contributed by atoms with van der Waals surface area (Å²) in [7, 11) is -1.65. The summed E-state index contributed by atoms with van der Waals surface area (Å²) in [6.45, 7) is 3.36. The number of hydrogen-bond acceptors (Lipinski definition) is 8. The van der Waals surface area contributed by atoms with Crippen LogP contribution in [0.4, 0.5) is 0 Å². The highest BCUT2D eigenvalue weighted by Gasteiger charge is 2.59. The highest BCUT2D eigenvalue weighted by molar-refractivity contribution is 7.86. The summed E-state index contributed by atoms with van der Waals surface area (Å²) >= 11 is 0. The standard InChI is InChI=1S/C23H21N3O8S/c1-14-13-35(32)22-18(24-17(27)12-33-16-10-6-3-7-11-16)20(28)25(22)19(14)23(29)34-21(26(30)31)15-8-4-2-5-9-15/h2-11,18-19,21-22H,1,12-13H2,(H,24,27)/t18?,19?,21?,22-,35?/m0/s1. The average molecular weight is 500 g/mol. The Hall–Kier alpha value is -4.06. The minimum absolute atomic E-state index is 0.129. The third-order valence-electron chi connectivity index (χ3n) is 5.50. The van der Waals surface area contributed by atoms with Crippen LogP contribution in [-0.2, 0) is 29.9 Å². The highest BCUT2D eigenvalue weighted by atomic mass is 32.2. The molecule has 2 aromatic rings. The van der Waals surface area contributed by atoms with Crippen molar-refractivity contribution in [3.05, 3.63) is 88.5 Å².